The van der Waals surface area contributed by atoms with Crippen LogP contribution in [0.1, 0.15) is 153 Å². The summed E-state index contributed by atoms with van der Waals surface area (Å²) in [7, 11) is 2.01. The summed E-state index contributed by atoms with van der Waals surface area (Å²) in [6, 6.07) is 11.1. The number of unbranched alkanes of at least 4 members (excludes halogenated alkanes) is 2. The van der Waals surface area contributed by atoms with Gasteiger partial charge in [0.15, 0.2) is 6.17 Å². The molecule has 38 nitrogen and oxygen atoms in total. The largest absolute Gasteiger partial charge is 0.391 e. The van der Waals surface area contributed by atoms with E-state index in [1.807, 2.05) is 19.1 Å². The van der Waals surface area contributed by atoms with Crippen LogP contribution >= 0.6 is 21.6 Å². The Balaban J connectivity index is 1.19. The number of aliphatic hydroxyl groups excluding tert-OH is 1. The fourth-order valence-corrected chi connectivity index (χ4v) is 16.4. The summed E-state index contributed by atoms with van der Waals surface area (Å²) in [5.41, 5.74) is 14.0. The van der Waals surface area contributed by atoms with Gasteiger partial charge in [0.05, 0.1) is 58.7 Å². The highest BCUT2D eigenvalue weighted by atomic mass is 33.1. The molecule has 4 heterocycles. The molecule has 0 aliphatic carbocycles. The first kappa shape index (κ1) is 101. The van der Waals surface area contributed by atoms with Crippen molar-refractivity contribution in [3.63, 3.8) is 0 Å². The Hall–Kier alpha value is -10.4. The van der Waals surface area contributed by atoms with E-state index in [0.29, 0.717) is 82.1 Å². The lowest BCUT2D eigenvalue weighted by molar-refractivity contribution is -0.143. The molecule has 0 unspecified atom stereocenters. The molecule has 4 aromatic rings. The standard InChI is InChI=1S/C84H124N20O18S2/c1-7-53(5)72-82(116)93-61(30-19-21-34-88-68(106)32-36-120-39-40-122-42-41-121-38-37-119-8-2)76(110)90-58(44-55-23-12-9-13-24-55)46-70(108)91-60(29-18-20-33-85)77(111)95-64(75(86)109)49-123-124-50-65(80(114)97-72)96-81(115)66-31-22-35-104(66)84(118)74(71(56-25-14-10-15-26-56)57-27-16-11-17-28-57)99-78(112)62(45-59-48-87-51-89-59)94-83(117)73(54(6)105)98-79(113)63(47-67-100-102-103-101-67)92-69(107)43-52(3)4/h9-17,23-28,48,51-54,58,60-67,71-74,105H,7-8,18-22,29-47,49-50,85H2,1-6H3,(H2,86,109)(H,87,89)(H,88,106)(H,90,110)(H,91,108)(H,92,107)(H,93,116)(H,94,117)(H,95,111)(H,96,115)(H,97,114)(H,98,113)(H,99,112)/t53-,54+,58-,60+,61-,62-,63-,64-,65-,66-,72-,73-,74-/m0/s1. The van der Waals surface area contributed by atoms with E-state index < -0.39 is 161 Å². The van der Waals surface area contributed by atoms with Crippen LogP contribution in [-0.2, 0) is 94.1 Å². The van der Waals surface area contributed by atoms with E-state index in [1.165, 1.54) is 24.3 Å². The fourth-order valence-electron chi connectivity index (χ4n) is 14.0. The maximum absolute atomic E-state index is 16.2. The maximum atomic E-state index is 16.2. The Labute approximate surface area is 730 Å². The number of nitrogens with one attached hydrogen (secondary N) is 12. The lowest BCUT2D eigenvalue weighted by Gasteiger charge is -2.35. The number of primary amides is 1. The summed E-state index contributed by atoms with van der Waals surface area (Å²) in [4.78, 5) is 198. The minimum absolute atomic E-state index is 0.00259. The third-order valence-electron chi connectivity index (χ3n) is 20.8. The molecule has 3 aliphatic rings. The molecule has 2 saturated heterocycles. The quantitative estimate of drug-likeness (QED) is 0.0222. The molecule has 40 heteroatoms. The number of carbonyl (C=O) groups excluding carboxylic acids is 13. The molecule has 13 amide bonds. The Morgan fingerprint density at radius 3 is 1.84 bits per heavy atom. The number of amides is 13. The second-order valence-electron chi connectivity index (χ2n) is 31.0. The maximum Gasteiger partial charge on any atom is 0.246 e. The van der Waals surface area contributed by atoms with Crippen LogP contribution in [-0.4, -0.2) is 259 Å². The van der Waals surface area contributed by atoms with Gasteiger partial charge in [0, 0.05) is 87.2 Å². The van der Waals surface area contributed by atoms with Crippen LogP contribution in [0.4, 0.5) is 0 Å². The van der Waals surface area contributed by atoms with Gasteiger partial charge in [-0.1, -0.05) is 147 Å². The van der Waals surface area contributed by atoms with Crippen LogP contribution in [0.15, 0.2) is 124 Å². The average molecular weight is 1770 g/mol. The van der Waals surface area contributed by atoms with E-state index in [2.05, 4.69) is 89.1 Å². The van der Waals surface area contributed by atoms with E-state index in [4.69, 9.17) is 30.4 Å². The third kappa shape index (κ3) is 35.0. The Kier molecular flexibility index (Phi) is 44.7. The monoisotopic (exact) mass is 1760 g/mol. The molecule has 3 aliphatic heterocycles. The number of aliphatic hydroxyl groups is 1. The first-order chi connectivity index (χ1) is 59.8. The van der Waals surface area contributed by atoms with Crippen LogP contribution < -0.4 is 70.0 Å². The van der Waals surface area contributed by atoms with Gasteiger partial charge in [0.25, 0.3) is 0 Å². The summed E-state index contributed by atoms with van der Waals surface area (Å²) >= 11 is 0. The van der Waals surface area contributed by atoms with E-state index in [-0.39, 0.29) is 127 Å². The normalized spacial score (nSPS) is 20.3. The van der Waals surface area contributed by atoms with Crippen LogP contribution in [0.2, 0.25) is 0 Å². The van der Waals surface area contributed by atoms with Gasteiger partial charge in [0.1, 0.15) is 60.4 Å². The summed E-state index contributed by atoms with van der Waals surface area (Å²) in [6.45, 7) is 13.7. The van der Waals surface area contributed by atoms with E-state index >= 15 is 28.8 Å². The van der Waals surface area contributed by atoms with Crippen molar-refractivity contribution in [3.05, 3.63) is 126 Å². The molecule has 17 N–H and O–H groups in total. The first-order valence-corrected chi connectivity index (χ1v) is 45.0. The van der Waals surface area contributed by atoms with E-state index in [1.54, 1.807) is 107 Å². The predicted octanol–water partition coefficient (Wildman–Crippen LogP) is 2.05. The molecule has 2 fully saturated rings. The minimum atomic E-state index is -1.77. The van der Waals surface area contributed by atoms with Crippen molar-refractivity contribution >= 4 is 98.4 Å². The number of carbonyl (C=O) groups is 13. The molecule has 0 spiro atoms. The van der Waals surface area contributed by atoms with E-state index in [9.17, 15) is 38.7 Å². The second-order valence-corrected chi connectivity index (χ2v) is 33.6. The number of hydrogen-bond acceptors (Lipinski definition) is 26. The topological polar surface area (TPSA) is 545 Å². The molecule has 0 radical (unpaired) electrons. The molecular weight excluding hydrogens is 1640 g/mol. The second kappa shape index (κ2) is 55.1. The Morgan fingerprint density at radius 1 is 0.637 bits per heavy atom. The highest BCUT2D eigenvalue weighted by Crippen LogP contribution is 2.33. The molecule has 7 rings (SSSR count). The van der Waals surface area contributed by atoms with Crippen molar-refractivity contribution in [2.24, 2.45) is 44.0 Å². The lowest BCUT2D eigenvalue weighted by atomic mass is 9.84. The summed E-state index contributed by atoms with van der Waals surface area (Å²) in [5, 5.41) is 56.8. The predicted molar refractivity (Wildman–Crippen MR) is 462 cm³/mol. The first-order valence-electron chi connectivity index (χ1n) is 42.5. The Morgan fingerprint density at radius 2 is 1.23 bits per heavy atom. The van der Waals surface area contributed by atoms with Gasteiger partial charge >= 0.3 is 0 Å². The summed E-state index contributed by atoms with van der Waals surface area (Å²) in [6.07, 6.45) is 1.63. The van der Waals surface area contributed by atoms with Crippen molar-refractivity contribution < 1.29 is 86.4 Å². The summed E-state index contributed by atoms with van der Waals surface area (Å²) in [5.74, 6) is -12.2. The van der Waals surface area contributed by atoms with Crippen LogP contribution in [0, 0.1) is 11.8 Å². The number of benzene rings is 3. The number of aromatic nitrogens is 2. The number of nitrogens with zero attached hydrogens (tertiary/aromatic N) is 6. The van der Waals surface area contributed by atoms with Gasteiger partial charge in [-0.15, -0.1) is 10.2 Å². The molecule has 124 heavy (non-hydrogen) atoms. The van der Waals surface area contributed by atoms with Gasteiger partial charge < -0.3 is 104 Å². The van der Waals surface area contributed by atoms with Gasteiger partial charge in [-0.2, -0.15) is 0 Å². The zero-order valence-corrected chi connectivity index (χ0v) is 73.0. The molecular formula is C84H124N20O18S2. The number of ether oxygens (including phenoxy) is 4. The molecule has 13 atom stereocenters. The van der Waals surface area contributed by atoms with Gasteiger partial charge in [-0.25, -0.2) is 4.98 Å². The molecule has 1 aromatic heterocycles. The van der Waals surface area contributed by atoms with Crippen LogP contribution in [0.25, 0.3) is 0 Å². The highest BCUT2D eigenvalue weighted by Gasteiger charge is 2.45. The third-order valence-corrected chi connectivity index (χ3v) is 23.3. The van der Waals surface area contributed by atoms with Crippen molar-refractivity contribution in [2.75, 3.05) is 84.0 Å². The molecule has 0 bridgehead atoms. The van der Waals surface area contributed by atoms with Crippen LogP contribution in [0.3, 0.4) is 0 Å². The zero-order chi connectivity index (χ0) is 89.7. The van der Waals surface area contributed by atoms with Crippen molar-refractivity contribution in [3.8, 4) is 0 Å². The molecule has 0 saturated carbocycles. The van der Waals surface area contributed by atoms with Crippen molar-refractivity contribution in [2.45, 2.75) is 223 Å². The number of H-pyrrole nitrogens is 1. The van der Waals surface area contributed by atoms with Crippen LogP contribution in [0.5, 0.6) is 0 Å². The lowest BCUT2D eigenvalue weighted by Crippen LogP contribution is -2.62. The number of imidazole rings is 1. The fraction of sp³-hybridized carbons (Fsp3) is 0.595. The smallest absolute Gasteiger partial charge is 0.246 e. The number of nitrogens with two attached hydrogens (primary N) is 2. The molecule has 680 valence electrons. The van der Waals surface area contributed by atoms with Gasteiger partial charge in [0.2, 0.25) is 76.8 Å². The Bertz CT molecular complexity index is 4040. The highest BCUT2D eigenvalue weighted by molar-refractivity contribution is 8.76. The zero-order valence-electron chi connectivity index (χ0n) is 71.4. The van der Waals surface area contributed by atoms with Crippen molar-refractivity contribution in [1.82, 2.24) is 73.4 Å². The number of rotatable bonds is 47. The number of likely N-dealkylation sites (tertiary alicyclic amines) is 1. The number of hydrogen-bond donors (Lipinski definition) is 15. The van der Waals surface area contributed by atoms with Gasteiger partial charge in [-0.05, 0) is 117 Å². The van der Waals surface area contributed by atoms with Gasteiger partial charge in [-0.3, -0.25) is 62.3 Å². The summed E-state index contributed by atoms with van der Waals surface area (Å²) < 4.78 is 21.9. The van der Waals surface area contributed by atoms with Crippen molar-refractivity contribution in [1.29, 1.82) is 0 Å². The SMILES string of the molecule is CCOCCOCCOCCOCCC(=O)NCCCC[C@@H]1NC(=O)[C@H]([C@@H](C)CC)NC(=O)[C@@H](NC(=O)[C@@H]2CCCN2C(=O)[C@@H](NC(=O)[C@H](Cc2cnc[nH]2)NC(=O)[C@@H](NC(=O)[C@H](CC2N=NN=N2)NC(=O)CC(C)C)[C@@H](C)O)C(c2ccccc2)c2ccccc2)CSSC[C@@H](C(N)=O)NC(=O)[C@@H](CCCCN)NC(=O)C[C@H](Cc2ccccc2)NC1=O. The molecule has 3 aromatic carbocycles. The minimum Gasteiger partial charge on any atom is -0.391 e. The average Bonchev–Trinajstić information content (AvgIpc) is 1.34. The number of aromatic amines is 1. The van der Waals surface area contributed by atoms with E-state index in [0.717, 1.165) is 27.2 Å².